The van der Waals surface area contributed by atoms with Gasteiger partial charge in [0.2, 0.25) is 0 Å². The van der Waals surface area contributed by atoms with Crippen LogP contribution in [0.5, 0.6) is 11.5 Å². The third kappa shape index (κ3) is 4.95. The normalized spacial score (nSPS) is 11.6. The molecule has 0 saturated carbocycles. The third-order valence-electron chi connectivity index (χ3n) is 8.85. The summed E-state index contributed by atoms with van der Waals surface area (Å²) in [5.74, 6) is 2.47. The fraction of sp³-hybridized carbons (Fsp3) is 0. The van der Waals surface area contributed by atoms with Gasteiger partial charge in [-0.3, -0.25) is 0 Å². The number of fused-ring (bicyclic) bond motifs is 2. The quantitative estimate of drug-likeness (QED) is 0.197. The van der Waals surface area contributed by atoms with Crippen molar-refractivity contribution < 1.29 is 4.74 Å². The fourth-order valence-corrected chi connectivity index (χ4v) is 6.55. The van der Waals surface area contributed by atoms with Crippen LogP contribution in [0, 0.1) is 0 Å². The van der Waals surface area contributed by atoms with E-state index in [9.17, 15) is 0 Å². The fourth-order valence-electron chi connectivity index (χ4n) is 6.55. The van der Waals surface area contributed by atoms with Crippen molar-refractivity contribution in [3.63, 3.8) is 0 Å². The summed E-state index contributed by atoms with van der Waals surface area (Å²) in [6, 6.07) is 59.2. The first-order valence-electron chi connectivity index (χ1n) is 15.8. The minimum Gasteiger partial charge on any atom is -0.456 e. The predicted octanol–water partition coefficient (Wildman–Crippen LogP) is 11.7. The second kappa shape index (κ2) is 11.2. The molecular weight excluding hydrogens is 572 g/mol. The molecule has 0 fully saturated rings. The third-order valence-corrected chi connectivity index (χ3v) is 8.85. The van der Waals surface area contributed by atoms with Gasteiger partial charge in [-0.15, -0.1) is 0 Å². The molecule has 7 aromatic carbocycles. The van der Waals surface area contributed by atoms with Gasteiger partial charge in [0.15, 0.2) is 5.82 Å². The van der Waals surface area contributed by atoms with Crippen LogP contribution in [0.15, 0.2) is 170 Å². The molecule has 3 heteroatoms. The summed E-state index contributed by atoms with van der Waals surface area (Å²) >= 11 is 0. The van der Waals surface area contributed by atoms with E-state index in [1.54, 1.807) is 0 Å². The maximum atomic E-state index is 6.42. The molecule has 0 atom stereocenters. The molecule has 0 aliphatic carbocycles. The van der Waals surface area contributed by atoms with Crippen molar-refractivity contribution in [2.45, 2.75) is 0 Å². The van der Waals surface area contributed by atoms with Crippen LogP contribution >= 0.6 is 0 Å². The van der Waals surface area contributed by atoms with Crippen LogP contribution in [-0.4, -0.2) is 9.97 Å². The molecule has 1 aliphatic rings. The predicted molar refractivity (Wildman–Crippen MR) is 192 cm³/mol. The van der Waals surface area contributed by atoms with E-state index < -0.39 is 0 Å². The van der Waals surface area contributed by atoms with E-state index in [-0.39, 0.29) is 0 Å². The zero-order chi connectivity index (χ0) is 31.2. The molecule has 0 spiro atoms. The summed E-state index contributed by atoms with van der Waals surface area (Å²) in [7, 11) is 0. The smallest absolute Gasteiger partial charge is 0.160 e. The Hall–Kier alpha value is -6.32. The SMILES string of the molecule is c1ccc(-c2cc(-c3ccc4c(c3)-c3cccc5cccc(c35)O4)cc(-c3cc(-c4ccccc4)nc(-c4ccccc4)n3)c2)cc1. The molecule has 47 heavy (non-hydrogen) atoms. The van der Waals surface area contributed by atoms with Crippen LogP contribution in [-0.2, 0) is 0 Å². The van der Waals surface area contributed by atoms with Gasteiger partial charge in [0, 0.05) is 27.6 Å². The van der Waals surface area contributed by atoms with Crippen molar-refractivity contribution in [3.05, 3.63) is 170 Å². The second-order valence-corrected chi connectivity index (χ2v) is 11.8. The zero-order valence-electron chi connectivity index (χ0n) is 25.5. The van der Waals surface area contributed by atoms with Gasteiger partial charge in [0.25, 0.3) is 0 Å². The molecule has 0 saturated heterocycles. The van der Waals surface area contributed by atoms with E-state index in [4.69, 9.17) is 14.7 Å². The summed E-state index contributed by atoms with van der Waals surface area (Å²) in [6.07, 6.45) is 0. The highest BCUT2D eigenvalue weighted by Crippen LogP contribution is 2.47. The van der Waals surface area contributed by atoms with E-state index in [0.29, 0.717) is 5.82 Å². The van der Waals surface area contributed by atoms with Crippen molar-refractivity contribution >= 4 is 10.8 Å². The maximum Gasteiger partial charge on any atom is 0.160 e. The highest BCUT2D eigenvalue weighted by Gasteiger charge is 2.21. The molecule has 9 rings (SSSR count). The Labute approximate surface area is 273 Å². The van der Waals surface area contributed by atoms with Crippen molar-refractivity contribution in [2.75, 3.05) is 0 Å². The number of hydrogen-bond acceptors (Lipinski definition) is 3. The zero-order valence-corrected chi connectivity index (χ0v) is 25.5. The minimum atomic E-state index is 0.700. The van der Waals surface area contributed by atoms with E-state index in [2.05, 4.69) is 127 Å². The van der Waals surface area contributed by atoms with Gasteiger partial charge in [-0.2, -0.15) is 0 Å². The molecule has 0 unspecified atom stereocenters. The highest BCUT2D eigenvalue weighted by atomic mass is 16.5. The maximum absolute atomic E-state index is 6.42. The molecule has 220 valence electrons. The molecule has 2 heterocycles. The van der Waals surface area contributed by atoms with Crippen LogP contribution in [0.1, 0.15) is 0 Å². The van der Waals surface area contributed by atoms with E-state index >= 15 is 0 Å². The van der Waals surface area contributed by atoms with Gasteiger partial charge >= 0.3 is 0 Å². The lowest BCUT2D eigenvalue weighted by atomic mass is 9.90. The molecule has 0 radical (unpaired) electrons. The van der Waals surface area contributed by atoms with Crippen LogP contribution < -0.4 is 4.74 Å². The van der Waals surface area contributed by atoms with Gasteiger partial charge in [-0.1, -0.05) is 127 Å². The number of nitrogens with zero attached hydrogens (tertiary/aromatic N) is 2. The summed E-state index contributed by atoms with van der Waals surface area (Å²) in [4.78, 5) is 10.2. The lowest BCUT2D eigenvalue weighted by Gasteiger charge is -2.22. The van der Waals surface area contributed by atoms with E-state index in [1.165, 1.54) is 10.9 Å². The van der Waals surface area contributed by atoms with Gasteiger partial charge in [0.05, 0.1) is 11.4 Å². The van der Waals surface area contributed by atoms with E-state index in [1.807, 2.05) is 42.5 Å². The average Bonchev–Trinajstić information content (AvgIpc) is 3.15. The first-order valence-corrected chi connectivity index (χ1v) is 15.8. The number of aromatic nitrogens is 2. The highest BCUT2D eigenvalue weighted by molar-refractivity contribution is 6.04. The number of rotatable bonds is 5. The average molecular weight is 601 g/mol. The first kappa shape index (κ1) is 27.0. The number of ether oxygens (including phenoxy) is 1. The Morgan fingerprint density at radius 3 is 1.66 bits per heavy atom. The second-order valence-electron chi connectivity index (χ2n) is 11.8. The standard InChI is InChI=1S/C44H28N2O/c1-4-12-29(13-5-1)34-24-35(33-22-23-41-38(27-33)37-20-10-18-31-19-11-21-42(47-41)43(31)37)26-36(25-34)40-28-39(30-14-6-2-7-15-30)45-44(46-40)32-16-8-3-9-17-32/h1-28H. The van der Waals surface area contributed by atoms with Gasteiger partial charge < -0.3 is 4.74 Å². The van der Waals surface area contributed by atoms with Crippen molar-refractivity contribution in [1.82, 2.24) is 9.97 Å². The van der Waals surface area contributed by atoms with Gasteiger partial charge in [0.1, 0.15) is 11.5 Å². The molecule has 0 N–H and O–H groups in total. The van der Waals surface area contributed by atoms with E-state index in [0.717, 1.165) is 72.8 Å². The molecule has 1 aromatic heterocycles. The Kier molecular flexibility index (Phi) is 6.46. The number of hydrogen-bond donors (Lipinski definition) is 0. The summed E-state index contributed by atoms with van der Waals surface area (Å²) in [6.45, 7) is 0. The Bertz CT molecular complexity index is 2360. The lowest BCUT2D eigenvalue weighted by molar-refractivity contribution is 0.487. The molecule has 3 nitrogen and oxygen atoms in total. The minimum absolute atomic E-state index is 0.700. The van der Waals surface area contributed by atoms with Crippen molar-refractivity contribution in [3.8, 4) is 78.8 Å². The Morgan fingerprint density at radius 1 is 0.340 bits per heavy atom. The summed E-state index contributed by atoms with van der Waals surface area (Å²) in [5, 5.41) is 2.33. The van der Waals surface area contributed by atoms with Crippen LogP contribution in [0.2, 0.25) is 0 Å². The Morgan fingerprint density at radius 2 is 0.936 bits per heavy atom. The van der Waals surface area contributed by atoms with Crippen LogP contribution in [0.3, 0.4) is 0 Å². The van der Waals surface area contributed by atoms with Crippen LogP contribution in [0.25, 0.3) is 78.1 Å². The Balaban J connectivity index is 1.25. The molecule has 1 aliphatic heterocycles. The molecule has 0 bridgehead atoms. The largest absolute Gasteiger partial charge is 0.456 e. The van der Waals surface area contributed by atoms with Crippen molar-refractivity contribution in [1.29, 1.82) is 0 Å². The van der Waals surface area contributed by atoms with Gasteiger partial charge in [-0.05, 0) is 75.7 Å². The monoisotopic (exact) mass is 600 g/mol. The topological polar surface area (TPSA) is 35.0 Å². The first-order chi connectivity index (χ1) is 23.3. The van der Waals surface area contributed by atoms with Crippen molar-refractivity contribution in [2.24, 2.45) is 0 Å². The lowest BCUT2D eigenvalue weighted by Crippen LogP contribution is -1.98. The summed E-state index contributed by atoms with van der Waals surface area (Å²) < 4.78 is 6.42. The molecule has 8 aromatic rings. The molecule has 0 amide bonds. The van der Waals surface area contributed by atoms with Crippen LogP contribution in [0.4, 0.5) is 0 Å². The number of benzene rings is 7. The van der Waals surface area contributed by atoms with Gasteiger partial charge in [-0.25, -0.2) is 9.97 Å². The summed E-state index contributed by atoms with van der Waals surface area (Å²) in [5.41, 5.74) is 11.6. The molecular formula is C44H28N2O.